The summed E-state index contributed by atoms with van der Waals surface area (Å²) in [5.74, 6) is -0.0299. The lowest BCUT2D eigenvalue weighted by atomic mass is 10.2. The highest BCUT2D eigenvalue weighted by Crippen LogP contribution is 2.19. The largest absolute Gasteiger partial charge is 0.345 e. The number of nitrogens with one attached hydrogen (secondary N) is 1. The predicted molar refractivity (Wildman–Crippen MR) is 69.9 cm³/mol. The zero-order chi connectivity index (χ0) is 14.5. The molecule has 0 aliphatic rings. The minimum absolute atomic E-state index is 0.189. The maximum atomic E-state index is 13.1. The molecule has 2 rings (SSSR count). The molecule has 1 aromatic carbocycles. The molecule has 3 N–H and O–H groups in total. The molecule has 0 bridgehead atoms. The van der Waals surface area contributed by atoms with E-state index in [0.717, 1.165) is 0 Å². The molecule has 0 aliphatic carbocycles. The average molecular weight is 278 g/mol. The van der Waals surface area contributed by atoms with Gasteiger partial charge in [-0.1, -0.05) is 17.3 Å². The standard InChI is InChI=1S/C13H15FN4O2/c1-8(16-11(19)5-6-15)13-17-12(18-20-13)9-3-2-4-10(14)7-9/h2-4,7-8H,5-6,15H2,1H3,(H,16,19). The normalized spacial score (nSPS) is 12.2. The third-order valence-corrected chi connectivity index (χ3v) is 2.64. The Morgan fingerprint density at radius 2 is 2.35 bits per heavy atom. The molecule has 0 saturated heterocycles. The molecule has 6 nitrogen and oxygen atoms in total. The number of benzene rings is 1. The summed E-state index contributed by atoms with van der Waals surface area (Å²) in [6.07, 6.45) is 0.231. The van der Waals surface area contributed by atoms with E-state index in [4.69, 9.17) is 10.3 Å². The Hall–Kier alpha value is -2.28. The molecule has 0 fully saturated rings. The van der Waals surface area contributed by atoms with Crippen LogP contribution in [0.25, 0.3) is 11.4 Å². The van der Waals surface area contributed by atoms with Gasteiger partial charge in [-0.15, -0.1) is 0 Å². The van der Waals surface area contributed by atoms with E-state index in [1.54, 1.807) is 19.1 Å². The lowest BCUT2D eigenvalue weighted by molar-refractivity contribution is -0.121. The van der Waals surface area contributed by atoms with E-state index in [1.807, 2.05) is 0 Å². The molecule has 1 aromatic heterocycles. The first-order valence-electron chi connectivity index (χ1n) is 6.19. The van der Waals surface area contributed by atoms with Gasteiger partial charge in [-0.2, -0.15) is 4.98 Å². The number of amides is 1. The van der Waals surface area contributed by atoms with Gasteiger partial charge in [0.2, 0.25) is 17.6 Å². The van der Waals surface area contributed by atoms with Gasteiger partial charge in [0.1, 0.15) is 11.9 Å². The first-order valence-corrected chi connectivity index (χ1v) is 6.19. The first kappa shape index (κ1) is 14.1. The van der Waals surface area contributed by atoms with Crippen LogP contribution in [-0.2, 0) is 4.79 Å². The summed E-state index contributed by atoms with van der Waals surface area (Å²) in [5.41, 5.74) is 5.80. The van der Waals surface area contributed by atoms with Crippen LogP contribution in [0.4, 0.5) is 4.39 Å². The topological polar surface area (TPSA) is 94.0 Å². The Kier molecular flexibility index (Phi) is 4.41. The van der Waals surface area contributed by atoms with Crippen molar-refractivity contribution in [3.05, 3.63) is 36.0 Å². The molecule has 2 aromatic rings. The van der Waals surface area contributed by atoms with E-state index in [9.17, 15) is 9.18 Å². The van der Waals surface area contributed by atoms with Gasteiger partial charge in [-0.3, -0.25) is 4.79 Å². The highest BCUT2D eigenvalue weighted by Gasteiger charge is 2.17. The van der Waals surface area contributed by atoms with Gasteiger partial charge < -0.3 is 15.6 Å². The van der Waals surface area contributed by atoms with E-state index in [0.29, 0.717) is 5.56 Å². The number of aromatic nitrogens is 2. The van der Waals surface area contributed by atoms with Crippen molar-refractivity contribution in [2.75, 3.05) is 6.54 Å². The second-order valence-corrected chi connectivity index (χ2v) is 4.29. The van der Waals surface area contributed by atoms with E-state index in [-0.39, 0.29) is 36.4 Å². The summed E-state index contributed by atoms with van der Waals surface area (Å²) < 4.78 is 18.2. The van der Waals surface area contributed by atoms with Gasteiger partial charge in [0, 0.05) is 18.5 Å². The number of carbonyl (C=O) groups is 1. The lowest BCUT2D eigenvalue weighted by Gasteiger charge is -2.08. The highest BCUT2D eigenvalue weighted by atomic mass is 19.1. The number of nitrogens with two attached hydrogens (primary N) is 1. The van der Waals surface area contributed by atoms with E-state index < -0.39 is 6.04 Å². The lowest BCUT2D eigenvalue weighted by Crippen LogP contribution is -2.28. The molecular formula is C13H15FN4O2. The van der Waals surface area contributed by atoms with Crippen molar-refractivity contribution >= 4 is 5.91 Å². The second kappa shape index (κ2) is 6.25. The maximum Gasteiger partial charge on any atom is 0.249 e. The molecule has 20 heavy (non-hydrogen) atoms. The van der Waals surface area contributed by atoms with Crippen molar-refractivity contribution in [2.24, 2.45) is 5.73 Å². The van der Waals surface area contributed by atoms with Crippen LogP contribution >= 0.6 is 0 Å². The highest BCUT2D eigenvalue weighted by molar-refractivity contribution is 5.76. The fourth-order valence-corrected chi connectivity index (χ4v) is 1.66. The minimum atomic E-state index is -0.427. The third-order valence-electron chi connectivity index (χ3n) is 2.64. The Bertz CT molecular complexity index is 600. The molecule has 0 spiro atoms. The average Bonchev–Trinajstić information content (AvgIpc) is 2.88. The quantitative estimate of drug-likeness (QED) is 0.862. The summed E-state index contributed by atoms with van der Waals surface area (Å²) in [6.45, 7) is 1.99. The number of halogens is 1. The fraction of sp³-hybridized carbons (Fsp3) is 0.308. The van der Waals surface area contributed by atoms with Crippen LogP contribution in [0.2, 0.25) is 0 Å². The number of nitrogens with zero attached hydrogens (tertiary/aromatic N) is 2. The molecule has 0 saturated carbocycles. The monoisotopic (exact) mass is 278 g/mol. The van der Waals surface area contributed by atoms with Crippen LogP contribution in [-0.4, -0.2) is 22.6 Å². The molecule has 0 aliphatic heterocycles. The maximum absolute atomic E-state index is 13.1. The van der Waals surface area contributed by atoms with E-state index in [1.165, 1.54) is 12.1 Å². The van der Waals surface area contributed by atoms with Crippen LogP contribution in [0.5, 0.6) is 0 Å². The number of hydrogen-bond acceptors (Lipinski definition) is 5. The van der Waals surface area contributed by atoms with Gasteiger partial charge >= 0.3 is 0 Å². The Morgan fingerprint density at radius 3 is 3.05 bits per heavy atom. The molecule has 1 heterocycles. The van der Waals surface area contributed by atoms with Crippen molar-refractivity contribution in [1.82, 2.24) is 15.5 Å². The summed E-state index contributed by atoms with van der Waals surface area (Å²) in [5, 5.41) is 6.46. The molecule has 1 atom stereocenters. The van der Waals surface area contributed by atoms with Crippen LogP contribution in [0.1, 0.15) is 25.3 Å². The molecular weight excluding hydrogens is 263 g/mol. The van der Waals surface area contributed by atoms with Crippen molar-refractivity contribution < 1.29 is 13.7 Å². The van der Waals surface area contributed by atoms with Crippen molar-refractivity contribution in [3.8, 4) is 11.4 Å². The van der Waals surface area contributed by atoms with E-state index >= 15 is 0 Å². The second-order valence-electron chi connectivity index (χ2n) is 4.29. The minimum Gasteiger partial charge on any atom is -0.345 e. The molecule has 106 valence electrons. The third kappa shape index (κ3) is 3.39. The Labute approximate surface area is 115 Å². The van der Waals surface area contributed by atoms with Gasteiger partial charge in [-0.25, -0.2) is 4.39 Å². The van der Waals surface area contributed by atoms with Gasteiger partial charge in [-0.05, 0) is 19.1 Å². The fourth-order valence-electron chi connectivity index (χ4n) is 1.66. The summed E-state index contributed by atoms with van der Waals surface area (Å²) in [7, 11) is 0. The Balaban J connectivity index is 2.10. The van der Waals surface area contributed by atoms with Crippen molar-refractivity contribution in [2.45, 2.75) is 19.4 Å². The van der Waals surface area contributed by atoms with Crippen molar-refractivity contribution in [3.63, 3.8) is 0 Å². The smallest absolute Gasteiger partial charge is 0.249 e. The predicted octanol–water partition coefficient (Wildman–Crippen LogP) is 1.40. The molecule has 7 heteroatoms. The molecule has 0 radical (unpaired) electrons. The first-order chi connectivity index (χ1) is 9.60. The SMILES string of the molecule is CC(NC(=O)CCN)c1nc(-c2cccc(F)c2)no1. The summed E-state index contributed by atoms with van der Waals surface area (Å²) >= 11 is 0. The van der Waals surface area contributed by atoms with Crippen LogP contribution in [0.15, 0.2) is 28.8 Å². The van der Waals surface area contributed by atoms with Crippen LogP contribution < -0.4 is 11.1 Å². The van der Waals surface area contributed by atoms with Gasteiger partial charge in [0.25, 0.3) is 0 Å². The van der Waals surface area contributed by atoms with E-state index in [2.05, 4.69) is 15.5 Å². The zero-order valence-corrected chi connectivity index (χ0v) is 11.0. The Morgan fingerprint density at radius 1 is 1.55 bits per heavy atom. The summed E-state index contributed by atoms with van der Waals surface area (Å²) in [6, 6.07) is 5.46. The zero-order valence-electron chi connectivity index (χ0n) is 11.0. The number of carbonyl (C=O) groups excluding carboxylic acids is 1. The number of rotatable bonds is 5. The molecule has 1 amide bonds. The molecule has 1 unspecified atom stereocenters. The summed E-state index contributed by atoms with van der Waals surface area (Å²) in [4.78, 5) is 15.6. The van der Waals surface area contributed by atoms with Crippen molar-refractivity contribution in [1.29, 1.82) is 0 Å². The van der Waals surface area contributed by atoms with Crippen LogP contribution in [0, 0.1) is 5.82 Å². The number of hydrogen-bond donors (Lipinski definition) is 2. The van der Waals surface area contributed by atoms with Crippen LogP contribution in [0.3, 0.4) is 0 Å². The van der Waals surface area contributed by atoms with Gasteiger partial charge in [0.15, 0.2) is 0 Å². The van der Waals surface area contributed by atoms with Gasteiger partial charge in [0.05, 0.1) is 0 Å².